The quantitative estimate of drug-likeness (QED) is 0.603. The number of amides is 1. The summed E-state index contributed by atoms with van der Waals surface area (Å²) in [4.78, 5) is 51.1. The van der Waals surface area contributed by atoms with Crippen molar-refractivity contribution in [3.8, 4) is 11.1 Å². The first-order valence-corrected chi connectivity index (χ1v) is 10.0. The van der Waals surface area contributed by atoms with Gasteiger partial charge in [0.1, 0.15) is 18.0 Å². The van der Waals surface area contributed by atoms with Gasteiger partial charge in [0.2, 0.25) is 0 Å². The van der Waals surface area contributed by atoms with Crippen molar-refractivity contribution in [2.24, 2.45) is 0 Å². The molecule has 0 aliphatic heterocycles. The molecule has 0 aliphatic rings. The predicted octanol–water partition coefficient (Wildman–Crippen LogP) is 2.51. The van der Waals surface area contributed by atoms with Crippen LogP contribution in [0, 0.1) is 5.82 Å². The maximum Gasteiger partial charge on any atom is 0.410 e. The van der Waals surface area contributed by atoms with Gasteiger partial charge >= 0.3 is 17.8 Å². The number of rotatable bonds is 6. The molecular weight excluding hydrogens is 445 g/mol. The molecule has 1 aromatic heterocycles. The lowest BCUT2D eigenvalue weighted by molar-refractivity contribution is -0.141. The smallest absolute Gasteiger partial charge is 0.410 e. The number of methoxy groups -OCH3 is 1. The molecule has 0 bridgehead atoms. The highest BCUT2D eigenvalue weighted by Gasteiger charge is 2.21. The summed E-state index contributed by atoms with van der Waals surface area (Å²) >= 11 is 6.04. The molecule has 0 N–H and O–H groups in total. The molecule has 11 heteroatoms. The predicted molar refractivity (Wildman–Crippen MR) is 116 cm³/mol. The van der Waals surface area contributed by atoms with Crippen LogP contribution in [0.1, 0.15) is 20.8 Å². The number of carbonyl (C=O) groups is 2. The molecule has 1 aromatic carbocycles. The summed E-state index contributed by atoms with van der Waals surface area (Å²) in [6.07, 6.45) is 0.501. The molecule has 174 valence electrons. The summed E-state index contributed by atoms with van der Waals surface area (Å²) in [6.45, 7) is 4.41. The molecule has 0 saturated heterocycles. The van der Waals surface area contributed by atoms with Gasteiger partial charge in [0, 0.05) is 31.9 Å². The average Bonchev–Trinajstić information content (AvgIpc) is 2.70. The van der Waals surface area contributed by atoms with Gasteiger partial charge in [-0.1, -0.05) is 23.7 Å². The van der Waals surface area contributed by atoms with E-state index in [0.717, 1.165) is 28.5 Å². The molecule has 32 heavy (non-hydrogen) atoms. The van der Waals surface area contributed by atoms with Gasteiger partial charge in [-0.2, -0.15) is 0 Å². The molecule has 0 saturated carbocycles. The molecule has 0 unspecified atom stereocenters. The van der Waals surface area contributed by atoms with E-state index in [1.165, 1.54) is 24.1 Å². The summed E-state index contributed by atoms with van der Waals surface area (Å²) in [5, 5.41) is -0.301. The van der Waals surface area contributed by atoms with Crippen molar-refractivity contribution in [3.63, 3.8) is 0 Å². The first-order valence-electron chi connectivity index (χ1n) is 9.65. The van der Waals surface area contributed by atoms with E-state index in [2.05, 4.69) is 4.74 Å². The van der Waals surface area contributed by atoms with Gasteiger partial charge in [0.25, 0.3) is 5.56 Å². The third kappa shape index (κ3) is 5.97. The fraction of sp³-hybridized carbons (Fsp3) is 0.429. The van der Waals surface area contributed by atoms with E-state index in [1.54, 1.807) is 20.8 Å². The van der Waals surface area contributed by atoms with Gasteiger partial charge < -0.3 is 14.4 Å². The van der Waals surface area contributed by atoms with E-state index < -0.39 is 41.3 Å². The lowest BCUT2D eigenvalue weighted by Crippen LogP contribution is -2.44. The molecule has 1 heterocycles. The summed E-state index contributed by atoms with van der Waals surface area (Å²) in [5.41, 5.74) is -2.29. The lowest BCUT2D eigenvalue weighted by Gasteiger charge is -2.24. The Morgan fingerprint density at radius 2 is 1.84 bits per heavy atom. The Balaban J connectivity index is 2.51. The standard InChI is InChI=1S/C21H25ClFN3O6/c1-21(2,3)32-20(30)24(4)9-10-26-18(28)14(13-7-6-8-15(23)17(13)22)11-25(19(26)29)12-16(27)31-5/h6-8,11H,9-10,12H2,1-5H3. The fourth-order valence-corrected chi connectivity index (χ4v) is 2.97. The van der Waals surface area contributed by atoms with Crippen molar-refractivity contribution in [2.75, 3.05) is 20.7 Å². The third-order valence-corrected chi connectivity index (χ3v) is 4.75. The van der Waals surface area contributed by atoms with Crippen molar-refractivity contribution in [2.45, 2.75) is 39.5 Å². The molecule has 0 radical (unpaired) electrons. The zero-order valence-electron chi connectivity index (χ0n) is 18.5. The third-order valence-electron chi connectivity index (χ3n) is 4.37. The van der Waals surface area contributed by atoms with Crippen molar-refractivity contribution < 1.29 is 23.5 Å². The van der Waals surface area contributed by atoms with Crippen LogP contribution < -0.4 is 11.2 Å². The van der Waals surface area contributed by atoms with Crippen molar-refractivity contribution in [1.82, 2.24) is 14.0 Å². The SMILES string of the molecule is COC(=O)Cn1cc(-c2cccc(F)c2Cl)c(=O)n(CCN(C)C(=O)OC(C)(C)C)c1=O. The Bertz CT molecular complexity index is 1140. The van der Waals surface area contributed by atoms with Gasteiger partial charge in [-0.05, 0) is 26.8 Å². The average molecular weight is 470 g/mol. The van der Waals surface area contributed by atoms with Crippen LogP contribution in [0.5, 0.6) is 0 Å². The van der Waals surface area contributed by atoms with E-state index >= 15 is 0 Å². The van der Waals surface area contributed by atoms with E-state index in [1.807, 2.05) is 0 Å². The van der Waals surface area contributed by atoms with Crippen LogP contribution in [0.2, 0.25) is 5.02 Å². The Hall–Kier alpha value is -3.14. The van der Waals surface area contributed by atoms with Crippen LogP contribution in [-0.2, 0) is 27.4 Å². The molecule has 1 amide bonds. The molecule has 0 aliphatic carbocycles. The number of halogens is 2. The minimum Gasteiger partial charge on any atom is -0.468 e. The number of hydrogen-bond acceptors (Lipinski definition) is 6. The summed E-state index contributed by atoms with van der Waals surface area (Å²) in [6, 6.07) is 3.92. The topological polar surface area (TPSA) is 99.8 Å². The number of nitrogens with zero attached hydrogens (tertiary/aromatic N) is 3. The number of esters is 1. The summed E-state index contributed by atoms with van der Waals surface area (Å²) in [7, 11) is 2.61. The van der Waals surface area contributed by atoms with E-state index in [9.17, 15) is 23.6 Å². The Morgan fingerprint density at radius 1 is 1.19 bits per heavy atom. The van der Waals surface area contributed by atoms with Crippen LogP contribution in [0.4, 0.5) is 9.18 Å². The van der Waals surface area contributed by atoms with Crippen LogP contribution in [0.3, 0.4) is 0 Å². The molecule has 0 atom stereocenters. The minimum atomic E-state index is -0.797. The number of carbonyl (C=O) groups excluding carboxylic acids is 2. The van der Waals surface area contributed by atoms with Crippen LogP contribution in [0.15, 0.2) is 34.0 Å². The van der Waals surface area contributed by atoms with Gasteiger partial charge in [-0.3, -0.25) is 18.7 Å². The second-order valence-electron chi connectivity index (χ2n) is 7.99. The van der Waals surface area contributed by atoms with Crippen molar-refractivity contribution in [1.29, 1.82) is 0 Å². The normalized spacial score (nSPS) is 11.2. The highest BCUT2D eigenvalue weighted by Crippen LogP contribution is 2.27. The van der Waals surface area contributed by atoms with Crippen LogP contribution >= 0.6 is 11.6 Å². The lowest BCUT2D eigenvalue weighted by atomic mass is 10.1. The Kier molecular flexibility index (Phi) is 7.84. The monoisotopic (exact) mass is 469 g/mol. The van der Waals surface area contributed by atoms with Crippen LogP contribution in [0.25, 0.3) is 11.1 Å². The van der Waals surface area contributed by atoms with E-state index in [-0.39, 0.29) is 29.2 Å². The number of aromatic nitrogens is 2. The van der Waals surface area contributed by atoms with Gasteiger partial charge in [0.05, 0.1) is 17.7 Å². The molecule has 2 aromatic rings. The number of hydrogen-bond donors (Lipinski definition) is 0. The maximum absolute atomic E-state index is 14.0. The summed E-state index contributed by atoms with van der Waals surface area (Å²) < 4.78 is 25.7. The zero-order valence-corrected chi connectivity index (χ0v) is 19.2. The molecule has 9 nitrogen and oxygen atoms in total. The first-order chi connectivity index (χ1) is 14.9. The molecule has 0 fully saturated rings. The van der Waals surface area contributed by atoms with Gasteiger partial charge in [-0.15, -0.1) is 0 Å². The Morgan fingerprint density at radius 3 is 2.44 bits per heavy atom. The highest BCUT2D eigenvalue weighted by molar-refractivity contribution is 6.33. The zero-order chi connectivity index (χ0) is 24.2. The van der Waals surface area contributed by atoms with E-state index in [4.69, 9.17) is 16.3 Å². The number of benzene rings is 1. The largest absolute Gasteiger partial charge is 0.468 e. The summed E-state index contributed by atoms with van der Waals surface area (Å²) in [5.74, 6) is -1.47. The van der Waals surface area contributed by atoms with Gasteiger partial charge in [0.15, 0.2) is 0 Å². The number of likely N-dealkylation sites (N-methyl/N-ethyl adjacent to an activating group) is 1. The van der Waals surface area contributed by atoms with Crippen molar-refractivity contribution in [3.05, 3.63) is 56.1 Å². The second kappa shape index (κ2) is 9.99. The fourth-order valence-electron chi connectivity index (χ4n) is 2.75. The van der Waals surface area contributed by atoms with Crippen LogP contribution in [-0.4, -0.2) is 52.4 Å². The van der Waals surface area contributed by atoms with Gasteiger partial charge in [-0.25, -0.2) is 14.0 Å². The second-order valence-corrected chi connectivity index (χ2v) is 8.37. The minimum absolute atomic E-state index is 0.0391. The highest BCUT2D eigenvalue weighted by atomic mass is 35.5. The number of ether oxygens (including phenoxy) is 2. The Labute approximate surface area is 188 Å². The molecular formula is C21H25ClFN3O6. The van der Waals surface area contributed by atoms with E-state index in [0.29, 0.717) is 0 Å². The first kappa shape index (κ1) is 25.1. The molecule has 0 spiro atoms. The van der Waals surface area contributed by atoms with Crippen molar-refractivity contribution >= 4 is 23.7 Å². The molecule has 2 rings (SSSR count). The maximum atomic E-state index is 14.0.